The highest BCUT2D eigenvalue weighted by molar-refractivity contribution is 7.87. The van der Waals surface area contributed by atoms with Gasteiger partial charge in [0.1, 0.15) is 0 Å². The van der Waals surface area contributed by atoms with Gasteiger partial charge in [0.2, 0.25) is 0 Å². The molecule has 0 aromatic rings. The van der Waals surface area contributed by atoms with E-state index in [2.05, 4.69) is 0 Å². The average Bonchev–Trinajstić information content (AvgIpc) is 1.77. The van der Waals surface area contributed by atoms with Crippen LogP contribution in [0, 0.1) is 5.41 Å². The van der Waals surface area contributed by atoms with E-state index in [1.54, 1.807) is 0 Å². The molecule has 1 N–H and O–H groups in total. The Labute approximate surface area is 78.9 Å². The summed E-state index contributed by atoms with van der Waals surface area (Å²) in [5.74, 6) is 0. The molecule has 0 radical (unpaired) electrons. The molecule has 14 heavy (non-hydrogen) atoms. The zero-order chi connectivity index (χ0) is 12.0. The molecule has 86 valence electrons. The molecule has 0 saturated carbocycles. The molecule has 0 bridgehead atoms. The molecule has 0 aromatic heterocycles. The minimum atomic E-state index is -5.87. The lowest BCUT2D eigenvalue weighted by Crippen LogP contribution is -2.56. The van der Waals surface area contributed by atoms with Crippen LogP contribution in [0.4, 0.5) is 17.6 Å². The van der Waals surface area contributed by atoms with E-state index in [-0.39, 0.29) is 0 Å². The van der Waals surface area contributed by atoms with Crippen LogP contribution in [-0.4, -0.2) is 24.1 Å². The van der Waals surface area contributed by atoms with Crippen LogP contribution in [-0.2, 0) is 10.1 Å². The maximum absolute atomic E-state index is 13.3. The number of hydrogen-bond acceptors (Lipinski definition) is 2. The second-order valence-electron chi connectivity index (χ2n) is 3.82. The summed E-state index contributed by atoms with van der Waals surface area (Å²) in [6.45, 7) is 2.19. The second kappa shape index (κ2) is 3.06. The molecular weight excluding hydrogens is 228 g/mol. The molecule has 0 amide bonds. The van der Waals surface area contributed by atoms with Gasteiger partial charge in [0, 0.05) is 5.41 Å². The Hall–Kier alpha value is -0.370. The van der Waals surface area contributed by atoms with Gasteiger partial charge in [-0.15, -0.1) is 0 Å². The minimum Gasteiger partial charge on any atom is -0.283 e. The number of rotatable bonds is 1. The molecule has 0 fully saturated rings. The summed E-state index contributed by atoms with van der Waals surface area (Å²) in [4.78, 5) is 0. The summed E-state index contributed by atoms with van der Waals surface area (Å²) in [6, 6.07) is 0. The fourth-order valence-electron chi connectivity index (χ4n) is 0.958. The maximum Gasteiger partial charge on any atom is 0.440 e. The largest absolute Gasteiger partial charge is 0.440 e. The first-order chi connectivity index (χ1) is 5.75. The zero-order valence-electron chi connectivity index (χ0n) is 7.68. The third-order valence-electron chi connectivity index (χ3n) is 1.68. The highest BCUT2D eigenvalue weighted by Crippen LogP contribution is 2.49. The lowest BCUT2D eigenvalue weighted by molar-refractivity contribution is -0.227. The molecule has 0 aliphatic carbocycles. The third-order valence-corrected chi connectivity index (χ3v) is 3.24. The van der Waals surface area contributed by atoms with E-state index in [4.69, 9.17) is 4.55 Å². The van der Waals surface area contributed by atoms with Crippen molar-refractivity contribution in [3.8, 4) is 0 Å². The first-order valence-corrected chi connectivity index (χ1v) is 4.92. The van der Waals surface area contributed by atoms with Crippen LogP contribution >= 0.6 is 0 Å². The topological polar surface area (TPSA) is 54.4 Å². The molecule has 0 aliphatic heterocycles. The molecule has 3 nitrogen and oxygen atoms in total. The maximum atomic E-state index is 13.3. The molecule has 0 aliphatic rings. The summed E-state index contributed by atoms with van der Waals surface area (Å²) in [5.41, 5.74) is -2.31. The molecule has 0 aromatic carbocycles. The van der Waals surface area contributed by atoms with Crippen LogP contribution in [0.5, 0.6) is 0 Å². The van der Waals surface area contributed by atoms with Gasteiger partial charge >= 0.3 is 21.3 Å². The van der Waals surface area contributed by atoms with E-state index in [0.29, 0.717) is 0 Å². The Morgan fingerprint density at radius 2 is 1.29 bits per heavy atom. The Morgan fingerprint density at radius 3 is 1.29 bits per heavy atom. The van der Waals surface area contributed by atoms with Crippen molar-refractivity contribution in [2.24, 2.45) is 5.41 Å². The molecule has 8 heteroatoms. The van der Waals surface area contributed by atoms with Crippen molar-refractivity contribution in [1.82, 2.24) is 0 Å². The molecule has 0 rings (SSSR count). The van der Waals surface area contributed by atoms with Gasteiger partial charge in [-0.2, -0.15) is 21.6 Å². The van der Waals surface area contributed by atoms with Crippen LogP contribution in [0.15, 0.2) is 0 Å². The summed E-state index contributed by atoms with van der Waals surface area (Å²) >= 11 is 0. The minimum absolute atomic E-state index is 0.730. The Kier molecular flexibility index (Phi) is 2.98. The quantitative estimate of drug-likeness (QED) is 0.562. The van der Waals surface area contributed by atoms with Crippen molar-refractivity contribution in [3.63, 3.8) is 0 Å². The van der Waals surface area contributed by atoms with Crippen LogP contribution in [0.2, 0.25) is 0 Å². The third kappa shape index (κ3) is 1.85. The van der Waals surface area contributed by atoms with Crippen LogP contribution in [0.3, 0.4) is 0 Å². The first-order valence-electron chi connectivity index (χ1n) is 3.48. The summed E-state index contributed by atoms with van der Waals surface area (Å²) in [7, 11) is -5.87. The van der Waals surface area contributed by atoms with Crippen LogP contribution in [0.1, 0.15) is 20.8 Å². The molecule has 1 unspecified atom stereocenters. The summed E-state index contributed by atoms with van der Waals surface area (Å²) in [6.07, 6.45) is -5.68. The lowest BCUT2D eigenvalue weighted by atomic mass is 9.89. The highest BCUT2D eigenvalue weighted by atomic mass is 32.2. The van der Waals surface area contributed by atoms with E-state index in [1.807, 2.05) is 0 Å². The molecule has 0 heterocycles. The first kappa shape index (κ1) is 13.6. The van der Waals surface area contributed by atoms with Crippen molar-refractivity contribution < 1.29 is 30.5 Å². The SMILES string of the molecule is CC(C)(C)C(F)(C(F)(F)F)S(=O)(=O)O. The predicted octanol–water partition coefficient (Wildman–Crippen LogP) is 2.15. The lowest BCUT2D eigenvalue weighted by Gasteiger charge is -2.35. The fraction of sp³-hybridized carbons (Fsp3) is 1.00. The predicted molar refractivity (Wildman–Crippen MR) is 40.9 cm³/mol. The van der Waals surface area contributed by atoms with Crippen molar-refractivity contribution in [2.45, 2.75) is 31.9 Å². The van der Waals surface area contributed by atoms with Gasteiger partial charge in [0.25, 0.3) is 0 Å². The smallest absolute Gasteiger partial charge is 0.283 e. The average molecular weight is 238 g/mol. The van der Waals surface area contributed by atoms with Gasteiger partial charge in [-0.3, -0.25) is 4.55 Å². The van der Waals surface area contributed by atoms with E-state index < -0.39 is 26.7 Å². The normalized spacial score (nSPS) is 19.1. The zero-order valence-corrected chi connectivity index (χ0v) is 8.50. The molecular formula is C6H10F4O3S. The monoisotopic (exact) mass is 238 g/mol. The van der Waals surface area contributed by atoms with Crippen molar-refractivity contribution in [3.05, 3.63) is 0 Å². The number of halogens is 4. The molecule has 0 saturated heterocycles. The van der Waals surface area contributed by atoms with Crippen LogP contribution < -0.4 is 0 Å². The van der Waals surface area contributed by atoms with E-state index in [1.165, 1.54) is 0 Å². The van der Waals surface area contributed by atoms with Crippen molar-refractivity contribution in [2.75, 3.05) is 0 Å². The fourth-order valence-corrected chi connectivity index (χ4v) is 2.02. The summed E-state index contributed by atoms with van der Waals surface area (Å²) in [5, 5.41) is -4.66. The Bertz CT molecular complexity index is 297. The Morgan fingerprint density at radius 1 is 1.00 bits per heavy atom. The van der Waals surface area contributed by atoms with Crippen molar-refractivity contribution in [1.29, 1.82) is 0 Å². The van der Waals surface area contributed by atoms with Gasteiger partial charge in [0.05, 0.1) is 0 Å². The highest BCUT2D eigenvalue weighted by Gasteiger charge is 2.71. The van der Waals surface area contributed by atoms with E-state index in [0.717, 1.165) is 20.8 Å². The number of alkyl halides is 4. The van der Waals surface area contributed by atoms with Crippen molar-refractivity contribution >= 4 is 10.1 Å². The Balaban J connectivity index is 5.81. The van der Waals surface area contributed by atoms with E-state index >= 15 is 0 Å². The standard InChI is InChI=1S/C6H10F4O3S/c1-4(2,3)5(7,6(8,9)10)14(11,12)13/h1-3H3,(H,11,12,13). The van der Waals surface area contributed by atoms with Gasteiger partial charge in [-0.1, -0.05) is 20.8 Å². The molecule has 1 atom stereocenters. The number of hydrogen-bond donors (Lipinski definition) is 1. The van der Waals surface area contributed by atoms with Gasteiger partial charge in [-0.05, 0) is 0 Å². The van der Waals surface area contributed by atoms with Crippen LogP contribution in [0.25, 0.3) is 0 Å². The summed E-state index contributed by atoms with van der Waals surface area (Å²) < 4.78 is 79.0. The van der Waals surface area contributed by atoms with Gasteiger partial charge in [0.15, 0.2) is 0 Å². The molecule has 0 spiro atoms. The van der Waals surface area contributed by atoms with E-state index in [9.17, 15) is 26.0 Å². The second-order valence-corrected chi connectivity index (χ2v) is 5.33. The van der Waals surface area contributed by atoms with Gasteiger partial charge < -0.3 is 0 Å². The van der Waals surface area contributed by atoms with Gasteiger partial charge in [-0.25, -0.2) is 4.39 Å².